The zero-order valence-corrected chi connectivity index (χ0v) is 12.2. The number of ether oxygens (including phenoxy) is 1. The number of carbonyl (C=O) groups excluding carboxylic acids is 1. The second-order valence-corrected chi connectivity index (χ2v) is 6.15. The molecule has 2 aromatic rings. The Morgan fingerprint density at radius 2 is 2.15 bits per heavy atom. The van der Waals surface area contributed by atoms with Crippen molar-refractivity contribution in [1.82, 2.24) is 0 Å². The number of Topliss-reactive ketones (excluding diaryl/α,β-unsaturated/α-hetero) is 1. The van der Waals surface area contributed by atoms with Crippen LogP contribution in [0.3, 0.4) is 0 Å². The Morgan fingerprint density at radius 1 is 1.40 bits per heavy atom. The molecule has 0 fully saturated rings. The molecule has 0 saturated carbocycles. The summed E-state index contributed by atoms with van der Waals surface area (Å²) in [4.78, 5) is 21.9. The second kappa shape index (κ2) is 6.10. The molecule has 0 bridgehead atoms. The minimum Gasteiger partial charge on any atom is -0.485 e. The van der Waals surface area contributed by atoms with E-state index in [1.54, 1.807) is 12.1 Å². The third-order valence-corrected chi connectivity index (χ3v) is 4.00. The fourth-order valence-electron chi connectivity index (χ4n) is 1.41. The van der Waals surface area contributed by atoms with Crippen molar-refractivity contribution in [3.8, 4) is 5.75 Å². The Hall–Kier alpha value is -1.80. The van der Waals surface area contributed by atoms with Crippen LogP contribution < -0.4 is 4.74 Å². The van der Waals surface area contributed by atoms with Gasteiger partial charge in [-0.25, -0.2) is 0 Å². The molecular weight excluding hydrogens is 353 g/mol. The first-order valence-electron chi connectivity index (χ1n) is 5.32. The number of hydrogen-bond donors (Lipinski definition) is 0. The molecule has 0 amide bonds. The molecular formula is C12H7BrFNO4S. The number of nitro groups is 1. The Bertz CT molecular complexity index is 673. The first-order chi connectivity index (χ1) is 9.47. The number of nitrogens with zero attached hydrogens (tertiary/aromatic N) is 1. The first-order valence-corrected chi connectivity index (χ1v) is 6.93. The molecule has 0 radical (unpaired) electrons. The average molecular weight is 360 g/mol. The number of thiophene rings is 1. The van der Waals surface area contributed by atoms with Crippen LogP contribution in [0.5, 0.6) is 5.75 Å². The number of carbonyl (C=O) groups is 1. The van der Waals surface area contributed by atoms with Crippen molar-refractivity contribution in [2.24, 2.45) is 0 Å². The molecule has 1 aromatic heterocycles. The quantitative estimate of drug-likeness (QED) is 0.462. The molecule has 0 saturated heterocycles. The van der Waals surface area contributed by atoms with Crippen molar-refractivity contribution in [3.63, 3.8) is 0 Å². The smallest absolute Gasteiger partial charge is 0.305 e. The predicted octanol–water partition coefficient (Wildman–Crippen LogP) is 3.82. The monoisotopic (exact) mass is 359 g/mol. The molecule has 0 aliphatic rings. The molecule has 0 aliphatic carbocycles. The topological polar surface area (TPSA) is 69.4 Å². The van der Waals surface area contributed by atoms with Crippen LogP contribution in [0.4, 0.5) is 10.1 Å². The summed E-state index contributed by atoms with van der Waals surface area (Å²) in [5, 5.41) is 10.5. The predicted molar refractivity (Wildman–Crippen MR) is 74.9 cm³/mol. The lowest BCUT2D eigenvalue weighted by atomic mass is 10.3. The minimum absolute atomic E-state index is 0.0667. The van der Waals surface area contributed by atoms with Gasteiger partial charge in [-0.05, 0) is 34.1 Å². The average Bonchev–Trinajstić information content (AvgIpc) is 2.82. The Balaban J connectivity index is 2.02. The fraction of sp³-hybridized carbons (Fsp3) is 0.0833. The van der Waals surface area contributed by atoms with Gasteiger partial charge in [0.15, 0.2) is 6.61 Å². The van der Waals surface area contributed by atoms with Gasteiger partial charge in [-0.15, -0.1) is 11.3 Å². The standard InChI is InChI=1S/C12H7BrFNO4S/c13-12-4-3-11(20-12)10(16)6-19-7-1-2-9(15(17)18)8(14)5-7/h1-5H,6H2. The maximum absolute atomic E-state index is 13.3. The molecule has 0 unspecified atom stereocenters. The Morgan fingerprint density at radius 3 is 2.70 bits per heavy atom. The Kier molecular flexibility index (Phi) is 4.46. The van der Waals surface area contributed by atoms with Crippen LogP contribution in [-0.2, 0) is 0 Å². The SMILES string of the molecule is O=C(COc1ccc([N+](=O)[O-])c(F)c1)c1ccc(Br)s1. The highest BCUT2D eigenvalue weighted by Gasteiger charge is 2.15. The highest BCUT2D eigenvalue weighted by molar-refractivity contribution is 9.11. The summed E-state index contributed by atoms with van der Waals surface area (Å²) in [5.41, 5.74) is -0.633. The summed E-state index contributed by atoms with van der Waals surface area (Å²) in [6.07, 6.45) is 0. The summed E-state index contributed by atoms with van der Waals surface area (Å²) in [7, 11) is 0. The van der Waals surface area contributed by atoms with Crippen LogP contribution in [-0.4, -0.2) is 17.3 Å². The van der Waals surface area contributed by atoms with Gasteiger partial charge in [-0.3, -0.25) is 14.9 Å². The molecule has 0 atom stereocenters. The van der Waals surface area contributed by atoms with Crippen LogP contribution in [0.1, 0.15) is 9.67 Å². The molecule has 20 heavy (non-hydrogen) atoms. The summed E-state index contributed by atoms with van der Waals surface area (Å²) in [5.74, 6) is -1.18. The fourth-order valence-corrected chi connectivity index (χ4v) is 2.72. The van der Waals surface area contributed by atoms with Crippen LogP contribution in [0.15, 0.2) is 34.1 Å². The first kappa shape index (κ1) is 14.6. The van der Waals surface area contributed by atoms with Gasteiger partial charge in [0, 0.05) is 12.1 Å². The van der Waals surface area contributed by atoms with E-state index in [0.717, 1.165) is 15.9 Å². The molecule has 1 heterocycles. The van der Waals surface area contributed by atoms with Crippen LogP contribution in [0.2, 0.25) is 0 Å². The van der Waals surface area contributed by atoms with E-state index in [2.05, 4.69) is 15.9 Å². The van der Waals surface area contributed by atoms with Crippen molar-refractivity contribution in [3.05, 3.63) is 54.9 Å². The van der Waals surface area contributed by atoms with E-state index in [1.165, 1.54) is 17.4 Å². The van der Waals surface area contributed by atoms with E-state index in [1.807, 2.05) is 0 Å². The van der Waals surface area contributed by atoms with Crippen LogP contribution in [0, 0.1) is 15.9 Å². The van der Waals surface area contributed by atoms with E-state index in [0.29, 0.717) is 4.88 Å². The van der Waals surface area contributed by atoms with Crippen molar-refractivity contribution < 1.29 is 18.8 Å². The number of hydrogen-bond acceptors (Lipinski definition) is 5. The third-order valence-electron chi connectivity index (χ3n) is 2.33. The lowest BCUT2D eigenvalue weighted by Crippen LogP contribution is -2.10. The van der Waals surface area contributed by atoms with Crippen molar-refractivity contribution in [2.75, 3.05) is 6.61 Å². The van der Waals surface area contributed by atoms with Crippen molar-refractivity contribution in [1.29, 1.82) is 0 Å². The van der Waals surface area contributed by atoms with Gasteiger partial charge in [0.25, 0.3) is 0 Å². The van der Waals surface area contributed by atoms with Gasteiger partial charge in [0.2, 0.25) is 11.6 Å². The molecule has 5 nitrogen and oxygen atoms in total. The van der Waals surface area contributed by atoms with Gasteiger partial charge in [-0.2, -0.15) is 4.39 Å². The van der Waals surface area contributed by atoms with E-state index in [-0.39, 0.29) is 18.1 Å². The molecule has 8 heteroatoms. The largest absolute Gasteiger partial charge is 0.485 e. The number of rotatable bonds is 5. The van der Waals surface area contributed by atoms with Gasteiger partial charge in [0.1, 0.15) is 5.75 Å². The lowest BCUT2D eigenvalue weighted by Gasteiger charge is -2.04. The summed E-state index contributed by atoms with van der Waals surface area (Å²) >= 11 is 4.50. The minimum atomic E-state index is -1.00. The molecule has 0 spiro atoms. The number of ketones is 1. The number of benzene rings is 1. The van der Waals surface area contributed by atoms with E-state index in [9.17, 15) is 19.3 Å². The maximum Gasteiger partial charge on any atom is 0.305 e. The number of nitro benzene ring substituents is 1. The van der Waals surface area contributed by atoms with E-state index >= 15 is 0 Å². The molecule has 0 aliphatic heterocycles. The van der Waals surface area contributed by atoms with Gasteiger partial charge < -0.3 is 4.74 Å². The van der Waals surface area contributed by atoms with Crippen molar-refractivity contribution >= 4 is 38.7 Å². The van der Waals surface area contributed by atoms with E-state index in [4.69, 9.17) is 4.74 Å². The van der Waals surface area contributed by atoms with Gasteiger partial charge in [0.05, 0.1) is 13.6 Å². The zero-order chi connectivity index (χ0) is 14.7. The lowest BCUT2D eigenvalue weighted by molar-refractivity contribution is -0.387. The molecule has 0 N–H and O–H groups in total. The Labute approximate surface area is 125 Å². The summed E-state index contributed by atoms with van der Waals surface area (Å²) in [6.45, 7) is -0.260. The van der Waals surface area contributed by atoms with Gasteiger partial charge >= 0.3 is 5.69 Å². The summed E-state index contributed by atoms with van der Waals surface area (Å²) < 4.78 is 19.3. The highest BCUT2D eigenvalue weighted by Crippen LogP contribution is 2.24. The zero-order valence-electron chi connectivity index (χ0n) is 9.84. The molecule has 104 valence electrons. The van der Waals surface area contributed by atoms with E-state index < -0.39 is 16.4 Å². The third kappa shape index (κ3) is 3.40. The van der Waals surface area contributed by atoms with Crippen LogP contribution >= 0.6 is 27.3 Å². The summed E-state index contributed by atoms with van der Waals surface area (Å²) in [6, 6.07) is 6.52. The maximum atomic E-state index is 13.3. The highest BCUT2D eigenvalue weighted by atomic mass is 79.9. The van der Waals surface area contributed by atoms with Crippen LogP contribution in [0.25, 0.3) is 0 Å². The molecule has 2 rings (SSSR count). The second-order valence-electron chi connectivity index (χ2n) is 3.69. The van der Waals surface area contributed by atoms with Gasteiger partial charge in [-0.1, -0.05) is 0 Å². The van der Waals surface area contributed by atoms with Crippen molar-refractivity contribution in [2.45, 2.75) is 0 Å². The number of halogens is 2. The molecule has 1 aromatic carbocycles. The normalized spacial score (nSPS) is 10.3.